The minimum atomic E-state index is -1.39. The van der Waals surface area contributed by atoms with Crippen LogP contribution in [0.2, 0.25) is 15.1 Å². The van der Waals surface area contributed by atoms with Crippen LogP contribution in [-0.4, -0.2) is 23.0 Å². The molecule has 1 N–H and O–H groups in total. The Hall–Kier alpha value is -1.96. The Bertz CT molecular complexity index is 829. The number of pyridine rings is 1. The molecule has 2 aromatic rings. The van der Waals surface area contributed by atoms with Crippen LogP contribution >= 0.6 is 34.8 Å². The Morgan fingerprint density at radius 1 is 1.16 bits per heavy atom. The van der Waals surface area contributed by atoms with Crippen LogP contribution in [0, 0.1) is 11.6 Å². The van der Waals surface area contributed by atoms with Crippen molar-refractivity contribution < 1.29 is 23.1 Å². The number of amides is 1. The molecule has 0 bridgehead atoms. The van der Waals surface area contributed by atoms with Crippen molar-refractivity contribution in [1.29, 1.82) is 0 Å². The second-order valence-corrected chi connectivity index (χ2v) is 5.88. The van der Waals surface area contributed by atoms with E-state index in [0.29, 0.717) is 0 Å². The van der Waals surface area contributed by atoms with E-state index in [2.05, 4.69) is 4.98 Å². The lowest BCUT2D eigenvalue weighted by molar-refractivity contribution is -0.123. The highest BCUT2D eigenvalue weighted by Crippen LogP contribution is 2.31. The molecule has 1 aromatic heterocycles. The second kappa shape index (κ2) is 7.95. The predicted octanol–water partition coefficient (Wildman–Crippen LogP) is 4.50. The van der Waals surface area contributed by atoms with Gasteiger partial charge in [0.05, 0.1) is 15.1 Å². The number of para-hydroxylation sites is 1. The summed E-state index contributed by atoms with van der Waals surface area (Å²) in [6, 6.07) is 3.07. The standard InChI is InChI=1S/C15H9Cl3F2N2O3/c1-6(14(23)22-12-8(19)3-2-4-9(12)20)25-15(24)13-11(18)10(17)7(16)5-21-13/h2-6H,1H3,(H,22,23). The first kappa shape index (κ1) is 19.4. The van der Waals surface area contributed by atoms with E-state index in [9.17, 15) is 18.4 Å². The third-order valence-corrected chi connectivity index (χ3v) is 4.22. The van der Waals surface area contributed by atoms with E-state index in [0.717, 1.165) is 24.4 Å². The van der Waals surface area contributed by atoms with Gasteiger partial charge in [-0.05, 0) is 19.1 Å². The van der Waals surface area contributed by atoms with Crippen molar-refractivity contribution in [2.24, 2.45) is 0 Å². The summed E-state index contributed by atoms with van der Waals surface area (Å²) in [5.41, 5.74) is -1.01. The fourth-order valence-electron chi connectivity index (χ4n) is 1.70. The number of carbonyl (C=O) groups excluding carboxylic acids is 2. The Labute approximate surface area is 155 Å². The molecule has 5 nitrogen and oxygen atoms in total. The molecule has 1 atom stereocenters. The highest BCUT2D eigenvalue weighted by molar-refractivity contribution is 6.48. The number of nitrogens with zero attached hydrogens (tertiary/aromatic N) is 1. The molecule has 0 radical (unpaired) electrons. The number of carbonyl (C=O) groups is 2. The number of aromatic nitrogens is 1. The molecular weight excluding hydrogens is 401 g/mol. The molecule has 1 unspecified atom stereocenters. The van der Waals surface area contributed by atoms with Gasteiger partial charge in [0.25, 0.3) is 5.91 Å². The summed E-state index contributed by atoms with van der Waals surface area (Å²) in [5.74, 6) is -3.95. The van der Waals surface area contributed by atoms with Crippen molar-refractivity contribution in [2.45, 2.75) is 13.0 Å². The largest absolute Gasteiger partial charge is 0.448 e. The van der Waals surface area contributed by atoms with Crippen LogP contribution in [-0.2, 0) is 9.53 Å². The van der Waals surface area contributed by atoms with Crippen LogP contribution in [0.5, 0.6) is 0 Å². The zero-order valence-electron chi connectivity index (χ0n) is 12.4. The van der Waals surface area contributed by atoms with Crippen molar-refractivity contribution >= 4 is 52.4 Å². The Balaban J connectivity index is 2.11. The summed E-state index contributed by atoms with van der Waals surface area (Å²) in [6.45, 7) is 1.21. The Morgan fingerprint density at radius 3 is 2.36 bits per heavy atom. The van der Waals surface area contributed by atoms with E-state index < -0.39 is 35.3 Å². The minimum absolute atomic E-state index is 0.0315. The van der Waals surface area contributed by atoms with Gasteiger partial charge in [0.15, 0.2) is 11.8 Å². The van der Waals surface area contributed by atoms with Crippen LogP contribution in [0.15, 0.2) is 24.4 Å². The quantitative estimate of drug-likeness (QED) is 0.755. The highest BCUT2D eigenvalue weighted by Gasteiger charge is 2.24. The van der Waals surface area contributed by atoms with E-state index in [-0.39, 0.29) is 20.8 Å². The third kappa shape index (κ3) is 4.36. The van der Waals surface area contributed by atoms with E-state index in [1.54, 1.807) is 0 Å². The Kier molecular flexibility index (Phi) is 6.16. The van der Waals surface area contributed by atoms with Gasteiger partial charge in [-0.15, -0.1) is 0 Å². The molecule has 0 fully saturated rings. The number of hydrogen-bond donors (Lipinski definition) is 1. The predicted molar refractivity (Wildman–Crippen MR) is 89.1 cm³/mol. The average Bonchev–Trinajstić information content (AvgIpc) is 2.55. The summed E-state index contributed by atoms with van der Waals surface area (Å²) in [6.07, 6.45) is -0.301. The smallest absolute Gasteiger partial charge is 0.359 e. The van der Waals surface area contributed by atoms with E-state index in [4.69, 9.17) is 39.5 Å². The lowest BCUT2D eigenvalue weighted by Gasteiger charge is -2.14. The van der Waals surface area contributed by atoms with Gasteiger partial charge >= 0.3 is 5.97 Å². The maximum absolute atomic E-state index is 13.5. The van der Waals surface area contributed by atoms with Crippen LogP contribution < -0.4 is 5.32 Å². The number of halogens is 5. The topological polar surface area (TPSA) is 68.3 Å². The second-order valence-electron chi connectivity index (χ2n) is 4.72. The number of anilines is 1. The van der Waals surface area contributed by atoms with Crippen LogP contribution in [0.4, 0.5) is 14.5 Å². The first-order valence-electron chi connectivity index (χ1n) is 6.67. The monoisotopic (exact) mass is 408 g/mol. The van der Waals surface area contributed by atoms with E-state index in [1.165, 1.54) is 6.92 Å². The average molecular weight is 410 g/mol. The summed E-state index contributed by atoms with van der Waals surface area (Å²) >= 11 is 17.3. The number of benzene rings is 1. The number of ether oxygens (including phenoxy) is 1. The van der Waals surface area contributed by atoms with Crippen molar-refractivity contribution in [2.75, 3.05) is 5.32 Å². The zero-order valence-corrected chi connectivity index (χ0v) is 14.7. The number of esters is 1. The fraction of sp³-hybridized carbons (Fsp3) is 0.133. The summed E-state index contributed by atoms with van der Waals surface area (Å²) < 4.78 is 31.9. The molecule has 1 amide bonds. The van der Waals surface area contributed by atoms with Gasteiger partial charge in [-0.25, -0.2) is 18.6 Å². The van der Waals surface area contributed by atoms with E-state index in [1.807, 2.05) is 5.32 Å². The number of rotatable bonds is 4. The van der Waals surface area contributed by atoms with Gasteiger partial charge in [-0.2, -0.15) is 0 Å². The molecule has 0 aliphatic heterocycles. The van der Waals surface area contributed by atoms with Crippen molar-refractivity contribution in [3.63, 3.8) is 0 Å². The van der Waals surface area contributed by atoms with Crippen molar-refractivity contribution in [3.8, 4) is 0 Å². The summed E-state index contributed by atoms with van der Waals surface area (Å²) in [7, 11) is 0. The number of hydrogen-bond acceptors (Lipinski definition) is 4. The van der Waals surface area contributed by atoms with Crippen LogP contribution in [0.3, 0.4) is 0 Å². The van der Waals surface area contributed by atoms with Gasteiger partial charge in [-0.3, -0.25) is 4.79 Å². The van der Waals surface area contributed by atoms with Gasteiger partial charge in [0.2, 0.25) is 0 Å². The highest BCUT2D eigenvalue weighted by atomic mass is 35.5. The SMILES string of the molecule is CC(OC(=O)c1ncc(Cl)c(Cl)c1Cl)C(=O)Nc1c(F)cccc1F. The van der Waals surface area contributed by atoms with Crippen molar-refractivity contribution in [3.05, 3.63) is 56.8 Å². The molecule has 10 heteroatoms. The Morgan fingerprint density at radius 2 is 1.76 bits per heavy atom. The molecule has 25 heavy (non-hydrogen) atoms. The molecule has 0 saturated carbocycles. The lowest BCUT2D eigenvalue weighted by Crippen LogP contribution is -2.31. The minimum Gasteiger partial charge on any atom is -0.448 e. The van der Waals surface area contributed by atoms with Gasteiger partial charge in [-0.1, -0.05) is 40.9 Å². The van der Waals surface area contributed by atoms with Crippen LogP contribution in [0.1, 0.15) is 17.4 Å². The molecule has 0 spiro atoms. The van der Waals surface area contributed by atoms with Gasteiger partial charge < -0.3 is 10.1 Å². The number of nitrogens with one attached hydrogen (secondary N) is 1. The zero-order chi connectivity index (χ0) is 18.7. The maximum Gasteiger partial charge on any atom is 0.359 e. The molecule has 1 heterocycles. The van der Waals surface area contributed by atoms with E-state index >= 15 is 0 Å². The molecule has 132 valence electrons. The molecular formula is C15H9Cl3F2N2O3. The first-order valence-corrected chi connectivity index (χ1v) is 7.81. The van der Waals surface area contributed by atoms with Crippen LogP contribution in [0.25, 0.3) is 0 Å². The van der Waals surface area contributed by atoms with Gasteiger partial charge in [0.1, 0.15) is 17.3 Å². The van der Waals surface area contributed by atoms with Gasteiger partial charge in [0, 0.05) is 6.20 Å². The normalized spacial score (nSPS) is 11.8. The molecule has 0 aliphatic carbocycles. The summed E-state index contributed by atoms with van der Waals surface area (Å²) in [4.78, 5) is 27.7. The first-order chi connectivity index (χ1) is 11.7. The fourth-order valence-corrected chi connectivity index (χ4v) is 2.26. The van der Waals surface area contributed by atoms with Crippen molar-refractivity contribution in [1.82, 2.24) is 4.98 Å². The molecule has 0 aliphatic rings. The third-order valence-electron chi connectivity index (χ3n) is 2.97. The maximum atomic E-state index is 13.5. The molecule has 2 rings (SSSR count). The lowest BCUT2D eigenvalue weighted by atomic mass is 10.2. The molecule has 1 aromatic carbocycles. The molecule has 0 saturated heterocycles. The summed E-state index contributed by atoms with van der Waals surface area (Å²) in [5, 5.41) is 1.69.